The third-order valence-corrected chi connectivity index (χ3v) is 11.2. The lowest BCUT2D eigenvalue weighted by Gasteiger charge is -2.35. The summed E-state index contributed by atoms with van der Waals surface area (Å²) in [4.78, 5) is 15.8. The van der Waals surface area contributed by atoms with Gasteiger partial charge in [0.1, 0.15) is 0 Å². The summed E-state index contributed by atoms with van der Waals surface area (Å²) in [6.07, 6.45) is 4.66. The monoisotopic (exact) mass is 546 g/mol. The largest absolute Gasteiger partial charge is 0.371 e. The van der Waals surface area contributed by atoms with Crippen molar-refractivity contribution >= 4 is 37.0 Å². The Morgan fingerprint density at radius 3 is 2.24 bits per heavy atom. The maximum atomic E-state index is 13.5. The molecule has 0 radical (unpaired) electrons. The van der Waals surface area contributed by atoms with Gasteiger partial charge in [-0.05, 0) is 72.4 Å². The normalized spacial score (nSPS) is 17.6. The lowest BCUT2D eigenvalue weighted by molar-refractivity contribution is 0.102. The molecule has 1 saturated heterocycles. The summed E-state index contributed by atoms with van der Waals surface area (Å²) >= 11 is 0. The van der Waals surface area contributed by atoms with E-state index in [4.69, 9.17) is 0 Å². The van der Waals surface area contributed by atoms with Crippen LogP contribution in [0.25, 0.3) is 0 Å². The van der Waals surface area contributed by atoms with E-state index in [0.717, 1.165) is 31.6 Å². The smallest absolute Gasteiger partial charge is 0.257 e. The summed E-state index contributed by atoms with van der Waals surface area (Å²) in [6.45, 7) is 8.90. The fourth-order valence-electron chi connectivity index (χ4n) is 4.99. The van der Waals surface area contributed by atoms with Gasteiger partial charge in [0.25, 0.3) is 5.91 Å². The van der Waals surface area contributed by atoms with Crippen molar-refractivity contribution in [1.82, 2.24) is 0 Å². The Labute approximate surface area is 221 Å². The molecule has 2 aromatic rings. The minimum Gasteiger partial charge on any atom is -0.371 e. The molecule has 0 unspecified atom stereocenters. The molecule has 1 aliphatic carbocycles. The van der Waals surface area contributed by atoms with Gasteiger partial charge in [-0.2, -0.15) is 0 Å². The van der Waals surface area contributed by atoms with Gasteiger partial charge in [0.05, 0.1) is 22.0 Å². The molecule has 7 nitrogen and oxygen atoms in total. The first-order valence-corrected chi connectivity index (χ1v) is 16.4. The van der Waals surface area contributed by atoms with Gasteiger partial charge in [-0.15, -0.1) is 0 Å². The highest BCUT2D eigenvalue weighted by Gasteiger charge is 2.44. The molecular weight excluding hydrogens is 508 g/mol. The van der Waals surface area contributed by atoms with Crippen LogP contribution in [0.1, 0.15) is 69.3 Å². The van der Waals surface area contributed by atoms with E-state index in [1.807, 2.05) is 26.8 Å². The number of benzene rings is 2. The molecule has 1 aliphatic heterocycles. The summed E-state index contributed by atoms with van der Waals surface area (Å²) in [5.41, 5.74) is 2.31. The van der Waals surface area contributed by atoms with Crippen molar-refractivity contribution in [2.45, 2.75) is 64.0 Å². The van der Waals surface area contributed by atoms with Crippen LogP contribution in [-0.2, 0) is 25.4 Å². The van der Waals surface area contributed by atoms with Gasteiger partial charge in [-0.1, -0.05) is 39.8 Å². The molecule has 1 heterocycles. The summed E-state index contributed by atoms with van der Waals surface area (Å²) in [5.74, 6) is -0.355. The predicted molar refractivity (Wildman–Crippen MR) is 149 cm³/mol. The van der Waals surface area contributed by atoms with Gasteiger partial charge in [-0.3, -0.25) is 4.79 Å². The first-order valence-electron chi connectivity index (χ1n) is 12.9. The Morgan fingerprint density at radius 1 is 0.973 bits per heavy atom. The number of carbonyl (C=O) groups is 1. The Kier molecular flexibility index (Phi) is 7.51. The van der Waals surface area contributed by atoms with Crippen LogP contribution in [0.15, 0.2) is 47.4 Å². The van der Waals surface area contributed by atoms with Crippen LogP contribution >= 0.6 is 0 Å². The molecule has 0 aromatic heterocycles. The van der Waals surface area contributed by atoms with Gasteiger partial charge >= 0.3 is 0 Å². The average molecular weight is 547 g/mol. The Balaban J connectivity index is 1.61. The number of anilines is 2. The Morgan fingerprint density at radius 2 is 1.65 bits per heavy atom. The van der Waals surface area contributed by atoms with E-state index < -0.39 is 25.1 Å². The number of amides is 1. The standard InChI is InChI=1S/C28H38N2O5S2/c1-5-36(32,33)19-21-9-10-24(25(17-21)30-15-13-28(11-12-28)14-16-30)26(31)29-22-7-6-8-23(18-22)37(34,35)20-27(2,3)4/h6-10,17-18H,5,11-16,19-20H2,1-4H3,(H,29,31). The molecule has 9 heteroatoms. The van der Waals surface area contributed by atoms with Crippen molar-refractivity contribution in [3.63, 3.8) is 0 Å². The van der Waals surface area contributed by atoms with E-state index in [2.05, 4.69) is 10.2 Å². The zero-order chi connectivity index (χ0) is 27.1. The first kappa shape index (κ1) is 27.6. The Hall–Kier alpha value is -2.39. The van der Waals surface area contributed by atoms with Crippen LogP contribution in [0.3, 0.4) is 0 Å². The fourth-order valence-corrected chi connectivity index (χ4v) is 7.79. The second-order valence-corrected chi connectivity index (χ2v) is 16.2. The number of nitrogens with one attached hydrogen (secondary N) is 1. The van der Waals surface area contributed by atoms with Crippen LogP contribution in [0.4, 0.5) is 11.4 Å². The van der Waals surface area contributed by atoms with Gasteiger partial charge in [-0.25, -0.2) is 16.8 Å². The molecule has 0 bridgehead atoms. The van der Waals surface area contributed by atoms with Crippen molar-refractivity contribution in [3.05, 3.63) is 53.6 Å². The number of hydrogen-bond acceptors (Lipinski definition) is 6. The summed E-state index contributed by atoms with van der Waals surface area (Å²) < 4.78 is 50.3. The highest BCUT2D eigenvalue weighted by Crippen LogP contribution is 2.54. The van der Waals surface area contributed by atoms with E-state index in [9.17, 15) is 21.6 Å². The molecule has 2 aromatic carbocycles. The number of carbonyl (C=O) groups excluding carboxylic acids is 1. The van der Waals surface area contributed by atoms with E-state index in [1.165, 1.54) is 18.9 Å². The van der Waals surface area contributed by atoms with Crippen LogP contribution in [0.2, 0.25) is 0 Å². The quantitative estimate of drug-likeness (QED) is 0.496. The number of hydrogen-bond donors (Lipinski definition) is 1. The maximum absolute atomic E-state index is 13.5. The highest BCUT2D eigenvalue weighted by atomic mass is 32.2. The maximum Gasteiger partial charge on any atom is 0.257 e. The molecule has 4 rings (SSSR count). The summed E-state index contributed by atoms with van der Waals surface area (Å²) in [7, 11) is -6.73. The third-order valence-electron chi connectivity index (χ3n) is 7.33. The molecule has 202 valence electrons. The molecule has 1 saturated carbocycles. The number of sulfone groups is 2. The minimum absolute atomic E-state index is 0.000128. The molecule has 0 atom stereocenters. The van der Waals surface area contributed by atoms with Crippen LogP contribution in [-0.4, -0.2) is 47.3 Å². The van der Waals surface area contributed by atoms with Gasteiger partial charge < -0.3 is 10.2 Å². The lowest BCUT2D eigenvalue weighted by Crippen LogP contribution is -2.35. The van der Waals surface area contributed by atoms with Crippen molar-refractivity contribution in [1.29, 1.82) is 0 Å². The topological polar surface area (TPSA) is 101 Å². The van der Waals surface area contributed by atoms with Crippen molar-refractivity contribution in [2.75, 3.05) is 34.8 Å². The van der Waals surface area contributed by atoms with E-state index in [0.29, 0.717) is 22.2 Å². The molecule has 1 N–H and O–H groups in total. The van der Waals surface area contributed by atoms with Gasteiger partial charge in [0.15, 0.2) is 19.7 Å². The zero-order valence-corrected chi connectivity index (χ0v) is 23.8. The molecular formula is C28H38N2O5S2. The Bertz CT molecular complexity index is 1380. The van der Waals surface area contributed by atoms with Crippen molar-refractivity contribution < 1.29 is 21.6 Å². The summed E-state index contributed by atoms with van der Waals surface area (Å²) in [5, 5.41) is 2.87. The molecule has 37 heavy (non-hydrogen) atoms. The van der Waals surface area contributed by atoms with Gasteiger partial charge in [0, 0.05) is 30.2 Å². The predicted octanol–water partition coefficient (Wildman–Crippen LogP) is 5.07. The second kappa shape index (κ2) is 10.1. The van der Waals surface area contributed by atoms with Crippen molar-refractivity contribution in [3.8, 4) is 0 Å². The molecule has 1 spiro atoms. The molecule has 2 fully saturated rings. The van der Waals surface area contributed by atoms with E-state index in [-0.39, 0.29) is 28.1 Å². The van der Waals surface area contributed by atoms with E-state index in [1.54, 1.807) is 37.3 Å². The number of nitrogens with zero attached hydrogens (tertiary/aromatic N) is 1. The zero-order valence-electron chi connectivity index (χ0n) is 22.2. The fraction of sp³-hybridized carbons (Fsp3) is 0.536. The summed E-state index contributed by atoms with van der Waals surface area (Å²) in [6, 6.07) is 11.6. The third kappa shape index (κ3) is 6.93. The molecule has 2 aliphatic rings. The minimum atomic E-state index is -3.51. The van der Waals surface area contributed by atoms with Gasteiger partial charge in [0.2, 0.25) is 0 Å². The molecule has 1 amide bonds. The first-order chi connectivity index (χ1) is 17.2. The lowest BCUT2D eigenvalue weighted by atomic mass is 9.92. The van der Waals surface area contributed by atoms with E-state index >= 15 is 0 Å². The highest BCUT2D eigenvalue weighted by molar-refractivity contribution is 7.91. The second-order valence-electron chi connectivity index (χ2n) is 11.8. The average Bonchev–Trinajstić information content (AvgIpc) is 3.56. The van der Waals surface area contributed by atoms with Crippen LogP contribution in [0, 0.1) is 10.8 Å². The van der Waals surface area contributed by atoms with Crippen LogP contribution in [0.5, 0.6) is 0 Å². The van der Waals surface area contributed by atoms with Crippen molar-refractivity contribution in [2.24, 2.45) is 10.8 Å². The van der Waals surface area contributed by atoms with Crippen LogP contribution < -0.4 is 10.2 Å². The number of rotatable bonds is 8. The SMILES string of the molecule is CCS(=O)(=O)Cc1ccc(C(=O)Nc2cccc(S(=O)(=O)CC(C)(C)C)c2)c(N2CCC3(CC2)CC3)c1. The number of piperidine rings is 1.